The largest absolute Gasteiger partial charge is 0.460 e. The van der Waals surface area contributed by atoms with E-state index in [-0.39, 0.29) is 12.5 Å². The summed E-state index contributed by atoms with van der Waals surface area (Å²) < 4.78 is 6.01. The third-order valence-corrected chi connectivity index (χ3v) is 7.42. The molecule has 0 saturated heterocycles. The number of amides is 1. The first-order valence-corrected chi connectivity index (χ1v) is 13.7. The lowest BCUT2D eigenvalue weighted by atomic mass is 10.00. The van der Waals surface area contributed by atoms with Gasteiger partial charge in [0.05, 0.1) is 11.6 Å². The zero-order chi connectivity index (χ0) is 28.0. The number of carbonyl (C=O) groups excluding carboxylic acids is 2. The molecule has 0 saturated carbocycles. The Morgan fingerprint density at radius 2 is 1.07 bits per heavy atom. The van der Waals surface area contributed by atoms with E-state index in [1.54, 1.807) is 6.07 Å². The maximum Gasteiger partial charge on any atom is 0.338 e. The van der Waals surface area contributed by atoms with Crippen molar-refractivity contribution in [3.63, 3.8) is 0 Å². The molecule has 0 fully saturated rings. The van der Waals surface area contributed by atoms with Crippen LogP contribution in [0, 0.1) is 0 Å². The number of hydrogen-bond donors (Lipinski definition) is 0. The van der Waals surface area contributed by atoms with Crippen LogP contribution in [-0.4, -0.2) is 23.4 Å². The summed E-state index contributed by atoms with van der Waals surface area (Å²) >= 11 is 0. The van der Waals surface area contributed by atoms with E-state index < -0.39 is 12.0 Å². The van der Waals surface area contributed by atoms with Crippen molar-refractivity contribution in [1.82, 2.24) is 4.90 Å². The molecule has 200 valence electrons. The maximum absolute atomic E-state index is 14.5. The van der Waals surface area contributed by atoms with Crippen LogP contribution in [0.1, 0.15) is 37.9 Å². The molecule has 0 heterocycles. The van der Waals surface area contributed by atoms with Gasteiger partial charge in [-0.25, -0.2) is 4.79 Å². The minimum atomic E-state index is -0.512. The third kappa shape index (κ3) is 5.59. The molecule has 0 bridgehead atoms. The van der Waals surface area contributed by atoms with Gasteiger partial charge in [-0.15, -0.1) is 0 Å². The number of nitrogens with zero attached hydrogens (tertiary/aromatic N) is 1. The van der Waals surface area contributed by atoms with Crippen LogP contribution >= 0.6 is 0 Å². The minimum Gasteiger partial charge on any atom is -0.460 e. The highest BCUT2D eigenvalue weighted by Crippen LogP contribution is 2.29. The minimum absolute atomic E-state index is 0.00933. The van der Waals surface area contributed by atoms with Crippen molar-refractivity contribution in [1.29, 1.82) is 0 Å². The Labute approximate surface area is 239 Å². The monoisotopic (exact) mass is 535 g/mol. The Bertz CT molecular complexity index is 1800. The summed E-state index contributed by atoms with van der Waals surface area (Å²) in [5.41, 5.74) is 3.00. The zero-order valence-corrected chi connectivity index (χ0v) is 22.5. The first kappa shape index (κ1) is 26.0. The van der Waals surface area contributed by atoms with E-state index in [1.807, 2.05) is 144 Å². The fourth-order valence-corrected chi connectivity index (χ4v) is 5.35. The number of carbonyl (C=O) groups is 2. The highest BCUT2D eigenvalue weighted by molar-refractivity contribution is 6.07. The standard InChI is InChI=1S/C37H29NO3/c39-36(33-23-11-19-28-15-7-9-21-31(28)33)38(25-27-13-3-1-4-14-27)35(30-17-5-2-6-18-30)26-41-37(40)34-24-12-20-29-16-8-10-22-32(29)34/h1-24,35H,25-26H2/t35-/m0/s1. The Balaban J connectivity index is 1.39. The van der Waals surface area contributed by atoms with Crippen LogP contribution in [0.2, 0.25) is 0 Å². The van der Waals surface area contributed by atoms with Gasteiger partial charge in [-0.1, -0.05) is 133 Å². The predicted octanol–water partition coefficient (Wildman–Crippen LogP) is 8.23. The summed E-state index contributed by atoms with van der Waals surface area (Å²) in [6.45, 7) is 0.365. The first-order chi connectivity index (χ1) is 20.2. The molecule has 6 aromatic rings. The van der Waals surface area contributed by atoms with E-state index in [0.717, 1.165) is 32.7 Å². The summed E-state index contributed by atoms with van der Waals surface area (Å²) in [7, 11) is 0. The van der Waals surface area contributed by atoms with Crippen LogP contribution < -0.4 is 0 Å². The SMILES string of the molecule is O=C(OC[C@@H](c1ccccc1)N(Cc1ccccc1)C(=O)c1cccc2ccccc12)c1cccc2ccccc12. The van der Waals surface area contributed by atoms with Crippen LogP contribution in [-0.2, 0) is 11.3 Å². The molecule has 0 radical (unpaired) electrons. The second-order valence-corrected chi connectivity index (χ2v) is 10.00. The van der Waals surface area contributed by atoms with Gasteiger partial charge < -0.3 is 9.64 Å². The van der Waals surface area contributed by atoms with Crippen molar-refractivity contribution in [3.8, 4) is 0 Å². The van der Waals surface area contributed by atoms with E-state index in [1.165, 1.54) is 0 Å². The molecule has 4 nitrogen and oxygen atoms in total. The molecule has 1 atom stereocenters. The van der Waals surface area contributed by atoms with Crippen molar-refractivity contribution >= 4 is 33.4 Å². The lowest BCUT2D eigenvalue weighted by Gasteiger charge is -2.32. The lowest BCUT2D eigenvalue weighted by molar-refractivity contribution is 0.0301. The molecule has 0 N–H and O–H groups in total. The number of rotatable bonds is 8. The third-order valence-electron chi connectivity index (χ3n) is 7.42. The number of fused-ring (bicyclic) bond motifs is 2. The Morgan fingerprint density at radius 3 is 1.73 bits per heavy atom. The van der Waals surface area contributed by atoms with Gasteiger partial charge in [0.15, 0.2) is 0 Å². The second kappa shape index (κ2) is 11.9. The highest BCUT2D eigenvalue weighted by atomic mass is 16.5. The first-order valence-electron chi connectivity index (χ1n) is 13.7. The lowest BCUT2D eigenvalue weighted by Crippen LogP contribution is -2.37. The van der Waals surface area contributed by atoms with Crippen LogP contribution in [0.4, 0.5) is 0 Å². The van der Waals surface area contributed by atoms with Gasteiger partial charge in [0.2, 0.25) is 0 Å². The molecular formula is C37H29NO3. The van der Waals surface area contributed by atoms with Gasteiger partial charge in [-0.2, -0.15) is 0 Å². The summed E-state index contributed by atoms with van der Waals surface area (Å²) in [5, 5.41) is 3.69. The van der Waals surface area contributed by atoms with Crippen molar-refractivity contribution in [2.24, 2.45) is 0 Å². The molecule has 6 rings (SSSR count). The molecule has 41 heavy (non-hydrogen) atoms. The number of ether oxygens (including phenoxy) is 1. The molecular weight excluding hydrogens is 506 g/mol. The van der Waals surface area contributed by atoms with Gasteiger partial charge in [0.25, 0.3) is 5.91 Å². The normalized spacial score (nSPS) is 11.7. The summed E-state index contributed by atoms with van der Waals surface area (Å²) in [6.07, 6.45) is 0. The molecule has 0 aliphatic rings. The summed E-state index contributed by atoms with van der Waals surface area (Å²) in [5.74, 6) is -0.541. The quantitative estimate of drug-likeness (QED) is 0.184. The van der Waals surface area contributed by atoms with Gasteiger partial charge in [-0.3, -0.25) is 4.79 Å². The predicted molar refractivity (Wildman–Crippen MR) is 164 cm³/mol. The van der Waals surface area contributed by atoms with Gasteiger partial charge in [0, 0.05) is 12.1 Å². The second-order valence-electron chi connectivity index (χ2n) is 10.00. The van der Waals surface area contributed by atoms with Gasteiger partial charge in [-0.05, 0) is 44.8 Å². The average Bonchev–Trinajstić information content (AvgIpc) is 3.04. The zero-order valence-electron chi connectivity index (χ0n) is 22.5. The fourth-order valence-electron chi connectivity index (χ4n) is 5.35. The van der Waals surface area contributed by atoms with Crippen molar-refractivity contribution in [2.75, 3.05) is 6.61 Å². The van der Waals surface area contributed by atoms with Crippen LogP contribution in [0.5, 0.6) is 0 Å². The van der Waals surface area contributed by atoms with E-state index in [4.69, 9.17) is 4.74 Å². The smallest absolute Gasteiger partial charge is 0.338 e. The molecule has 0 aliphatic carbocycles. The molecule has 0 aromatic heterocycles. The maximum atomic E-state index is 14.5. The number of esters is 1. The van der Waals surface area contributed by atoms with Crippen molar-refractivity contribution in [3.05, 3.63) is 168 Å². The molecule has 0 aliphatic heterocycles. The summed E-state index contributed by atoms with van der Waals surface area (Å²) in [4.78, 5) is 29.7. The van der Waals surface area contributed by atoms with Crippen LogP contribution in [0.25, 0.3) is 21.5 Å². The van der Waals surface area contributed by atoms with Crippen molar-refractivity contribution < 1.29 is 14.3 Å². The molecule has 1 amide bonds. The average molecular weight is 536 g/mol. The highest BCUT2D eigenvalue weighted by Gasteiger charge is 2.29. The summed E-state index contributed by atoms with van der Waals surface area (Å²) in [6, 6.07) is 46.2. The molecule has 0 spiro atoms. The number of benzene rings is 6. The van der Waals surface area contributed by atoms with E-state index in [0.29, 0.717) is 17.7 Å². The Morgan fingerprint density at radius 1 is 0.561 bits per heavy atom. The molecule has 6 aromatic carbocycles. The Kier molecular flexibility index (Phi) is 7.55. The molecule has 0 unspecified atom stereocenters. The topological polar surface area (TPSA) is 46.6 Å². The van der Waals surface area contributed by atoms with E-state index in [9.17, 15) is 9.59 Å². The van der Waals surface area contributed by atoms with Crippen molar-refractivity contribution in [2.45, 2.75) is 12.6 Å². The van der Waals surface area contributed by atoms with E-state index in [2.05, 4.69) is 0 Å². The van der Waals surface area contributed by atoms with Gasteiger partial charge in [0.1, 0.15) is 6.61 Å². The van der Waals surface area contributed by atoms with Crippen LogP contribution in [0.15, 0.2) is 146 Å². The van der Waals surface area contributed by atoms with E-state index >= 15 is 0 Å². The van der Waals surface area contributed by atoms with Gasteiger partial charge >= 0.3 is 5.97 Å². The fraction of sp³-hybridized carbons (Fsp3) is 0.0811. The number of hydrogen-bond acceptors (Lipinski definition) is 3. The molecule has 4 heteroatoms. The Hall–Kier alpha value is -5.22. The van der Waals surface area contributed by atoms with Crippen LogP contribution in [0.3, 0.4) is 0 Å².